The Hall–Kier alpha value is -2.09. The van der Waals surface area contributed by atoms with Crippen molar-refractivity contribution in [2.24, 2.45) is 0 Å². The van der Waals surface area contributed by atoms with E-state index in [-0.39, 0.29) is 0 Å². The van der Waals surface area contributed by atoms with Crippen molar-refractivity contribution in [2.45, 2.75) is 39.5 Å². The van der Waals surface area contributed by atoms with E-state index >= 15 is 0 Å². The number of allylic oxidation sites excluding steroid dienone is 4. The topological polar surface area (TPSA) is 16.1 Å². The van der Waals surface area contributed by atoms with Crippen LogP contribution in [0.3, 0.4) is 0 Å². The highest BCUT2D eigenvalue weighted by Crippen LogP contribution is 2.28. The Labute approximate surface area is 133 Å². The fourth-order valence-corrected chi connectivity index (χ4v) is 3.36. The summed E-state index contributed by atoms with van der Waals surface area (Å²) in [6.07, 6.45) is 15.9. The average molecular weight is 293 g/mol. The van der Waals surface area contributed by atoms with Crippen molar-refractivity contribution in [1.82, 2.24) is 0 Å². The van der Waals surface area contributed by atoms with Crippen LogP contribution in [0.4, 0.5) is 5.69 Å². The molecule has 114 valence electrons. The standard InChI is InChI=1S/C20H25N2/c1-4-5-8-15(2)18-11-12-22-14-17-10-7-6-9-16(17)13-19(22)20(18)21-3/h4-5,8,11-14,21H,6-7,9-10H2,1-3H3/q+1/b5-4-,15-8+. The van der Waals surface area contributed by atoms with Crippen molar-refractivity contribution in [3.63, 3.8) is 0 Å². The maximum atomic E-state index is 3.42. The third-order valence-electron chi connectivity index (χ3n) is 4.58. The second-order valence-electron chi connectivity index (χ2n) is 6.05. The molecule has 0 amide bonds. The summed E-state index contributed by atoms with van der Waals surface area (Å²) >= 11 is 0. The van der Waals surface area contributed by atoms with Crippen molar-refractivity contribution in [3.8, 4) is 0 Å². The van der Waals surface area contributed by atoms with Gasteiger partial charge in [0.1, 0.15) is 5.69 Å². The fourth-order valence-electron chi connectivity index (χ4n) is 3.36. The van der Waals surface area contributed by atoms with E-state index in [1.807, 2.05) is 14.0 Å². The van der Waals surface area contributed by atoms with E-state index in [0.717, 1.165) is 0 Å². The van der Waals surface area contributed by atoms with Gasteiger partial charge in [0.05, 0.1) is 0 Å². The number of rotatable bonds is 3. The van der Waals surface area contributed by atoms with Crippen molar-refractivity contribution < 1.29 is 4.40 Å². The van der Waals surface area contributed by atoms with Gasteiger partial charge in [-0.05, 0) is 50.7 Å². The maximum Gasteiger partial charge on any atom is 0.234 e. The smallest absolute Gasteiger partial charge is 0.234 e. The molecule has 0 spiro atoms. The first kappa shape index (κ1) is 14.8. The lowest BCUT2D eigenvalue weighted by Gasteiger charge is -2.15. The van der Waals surface area contributed by atoms with E-state index in [9.17, 15) is 0 Å². The number of nitrogens with one attached hydrogen (secondary N) is 1. The molecule has 1 aliphatic rings. The zero-order chi connectivity index (χ0) is 15.5. The number of hydrogen-bond donors (Lipinski definition) is 1. The number of pyridine rings is 2. The van der Waals surface area contributed by atoms with Gasteiger partial charge in [0.15, 0.2) is 12.4 Å². The maximum absolute atomic E-state index is 3.42. The van der Waals surface area contributed by atoms with E-state index in [0.29, 0.717) is 0 Å². The first-order valence-electron chi connectivity index (χ1n) is 8.22. The monoisotopic (exact) mass is 293 g/mol. The van der Waals surface area contributed by atoms with Crippen LogP contribution in [-0.4, -0.2) is 7.05 Å². The molecule has 0 aromatic carbocycles. The van der Waals surface area contributed by atoms with Gasteiger partial charge >= 0.3 is 0 Å². The zero-order valence-corrected chi connectivity index (χ0v) is 13.8. The van der Waals surface area contributed by atoms with Crippen LogP contribution in [0.25, 0.3) is 11.1 Å². The minimum Gasteiger partial charge on any atom is -0.382 e. The first-order valence-corrected chi connectivity index (χ1v) is 8.22. The Morgan fingerprint density at radius 2 is 2.00 bits per heavy atom. The Bertz CT molecular complexity index is 754. The molecule has 2 aromatic heterocycles. The van der Waals surface area contributed by atoms with Gasteiger partial charge in [-0.3, -0.25) is 0 Å². The molecule has 2 heteroatoms. The minimum atomic E-state index is 1.21. The van der Waals surface area contributed by atoms with Gasteiger partial charge in [-0.15, -0.1) is 0 Å². The average Bonchev–Trinajstić information content (AvgIpc) is 2.56. The lowest BCUT2D eigenvalue weighted by atomic mass is 9.92. The zero-order valence-electron chi connectivity index (χ0n) is 13.8. The molecule has 1 aliphatic carbocycles. The highest BCUT2D eigenvalue weighted by molar-refractivity contribution is 5.84. The quantitative estimate of drug-likeness (QED) is 0.658. The number of aryl methyl sites for hydroxylation is 2. The minimum absolute atomic E-state index is 1.21. The van der Waals surface area contributed by atoms with Crippen LogP contribution >= 0.6 is 0 Å². The van der Waals surface area contributed by atoms with Gasteiger partial charge < -0.3 is 5.32 Å². The molecule has 2 nitrogen and oxygen atoms in total. The molecule has 0 unspecified atom stereocenters. The normalized spacial score (nSPS) is 15.3. The van der Waals surface area contributed by atoms with Crippen molar-refractivity contribution in [3.05, 3.63) is 59.4 Å². The molecular weight excluding hydrogens is 268 g/mol. The number of fused-ring (bicyclic) bond motifs is 2. The molecule has 0 radical (unpaired) electrons. The summed E-state index contributed by atoms with van der Waals surface area (Å²) < 4.78 is 2.27. The molecule has 2 aromatic rings. The molecular formula is C20H25N2+. The van der Waals surface area contributed by atoms with E-state index < -0.39 is 0 Å². The predicted octanol–water partition coefficient (Wildman–Crippen LogP) is 4.33. The summed E-state index contributed by atoms with van der Waals surface area (Å²) in [5, 5.41) is 3.42. The van der Waals surface area contributed by atoms with Crippen LogP contribution in [0.1, 0.15) is 43.4 Å². The van der Waals surface area contributed by atoms with Crippen LogP contribution in [0.2, 0.25) is 0 Å². The summed E-state index contributed by atoms with van der Waals surface area (Å²) in [6.45, 7) is 4.22. The van der Waals surface area contributed by atoms with Crippen LogP contribution in [0.5, 0.6) is 0 Å². The Kier molecular flexibility index (Phi) is 4.28. The summed E-state index contributed by atoms with van der Waals surface area (Å²) in [5.74, 6) is 0. The van der Waals surface area contributed by atoms with Gasteiger partial charge in [0, 0.05) is 30.3 Å². The third-order valence-corrected chi connectivity index (χ3v) is 4.58. The second kappa shape index (κ2) is 6.35. The Balaban J connectivity index is 2.20. The summed E-state index contributed by atoms with van der Waals surface area (Å²) in [4.78, 5) is 0. The van der Waals surface area contributed by atoms with Gasteiger partial charge in [0.2, 0.25) is 5.52 Å². The second-order valence-corrected chi connectivity index (χ2v) is 6.05. The lowest BCUT2D eigenvalue weighted by Crippen LogP contribution is -2.25. The largest absolute Gasteiger partial charge is 0.382 e. The Morgan fingerprint density at radius 1 is 1.23 bits per heavy atom. The van der Waals surface area contributed by atoms with Crippen molar-refractivity contribution in [1.29, 1.82) is 0 Å². The molecule has 1 N–H and O–H groups in total. The third kappa shape index (κ3) is 2.66. The Morgan fingerprint density at radius 3 is 2.73 bits per heavy atom. The SMILES string of the molecule is C/C=C\C=C(/C)c1cc[n+]2cc3c(cc2c1NC)CCCC3. The number of aromatic nitrogens is 1. The molecule has 3 rings (SSSR count). The molecule has 0 bridgehead atoms. The molecule has 22 heavy (non-hydrogen) atoms. The van der Waals surface area contributed by atoms with Crippen LogP contribution < -0.4 is 9.72 Å². The van der Waals surface area contributed by atoms with Crippen LogP contribution in [0, 0.1) is 0 Å². The van der Waals surface area contributed by atoms with Gasteiger partial charge in [0.25, 0.3) is 0 Å². The fraction of sp³-hybridized carbons (Fsp3) is 0.350. The van der Waals surface area contributed by atoms with E-state index in [1.165, 1.54) is 59.2 Å². The predicted molar refractivity (Wildman–Crippen MR) is 94.3 cm³/mol. The van der Waals surface area contributed by atoms with E-state index in [2.05, 4.69) is 59.4 Å². The van der Waals surface area contributed by atoms with Gasteiger partial charge in [-0.2, -0.15) is 4.40 Å². The molecule has 2 heterocycles. The molecule has 0 saturated heterocycles. The van der Waals surface area contributed by atoms with Crippen molar-refractivity contribution >= 4 is 16.8 Å². The highest BCUT2D eigenvalue weighted by atomic mass is 14.9. The van der Waals surface area contributed by atoms with E-state index in [1.54, 1.807) is 0 Å². The van der Waals surface area contributed by atoms with Gasteiger partial charge in [-0.25, -0.2) is 0 Å². The number of hydrogen-bond acceptors (Lipinski definition) is 1. The van der Waals surface area contributed by atoms with Crippen molar-refractivity contribution in [2.75, 3.05) is 12.4 Å². The number of nitrogens with zero attached hydrogens (tertiary/aromatic N) is 1. The molecule has 0 fully saturated rings. The summed E-state index contributed by atoms with van der Waals surface area (Å²) in [7, 11) is 2.02. The molecule has 0 atom stereocenters. The van der Waals surface area contributed by atoms with E-state index in [4.69, 9.17) is 0 Å². The molecule has 0 saturated carbocycles. The summed E-state index contributed by atoms with van der Waals surface area (Å²) in [6, 6.07) is 4.59. The number of anilines is 1. The first-order chi connectivity index (χ1) is 10.7. The van der Waals surface area contributed by atoms with Crippen LogP contribution in [-0.2, 0) is 12.8 Å². The van der Waals surface area contributed by atoms with Gasteiger partial charge in [-0.1, -0.05) is 18.2 Å². The summed E-state index contributed by atoms with van der Waals surface area (Å²) in [5.41, 5.74) is 8.08. The molecule has 0 aliphatic heterocycles. The lowest BCUT2D eigenvalue weighted by molar-refractivity contribution is -0.512. The highest BCUT2D eigenvalue weighted by Gasteiger charge is 2.19. The van der Waals surface area contributed by atoms with Crippen LogP contribution in [0.15, 0.2) is 42.8 Å².